The van der Waals surface area contributed by atoms with Crippen molar-refractivity contribution in [3.05, 3.63) is 76.6 Å². The highest BCUT2D eigenvalue weighted by molar-refractivity contribution is 5.95. The van der Waals surface area contributed by atoms with Crippen LogP contribution in [0.2, 0.25) is 0 Å². The minimum absolute atomic E-state index is 0.0724. The van der Waals surface area contributed by atoms with E-state index in [2.05, 4.69) is 45.1 Å². The molecule has 0 radical (unpaired) electrons. The fourth-order valence-electron chi connectivity index (χ4n) is 6.03. The van der Waals surface area contributed by atoms with Crippen LogP contribution in [0.5, 0.6) is 0 Å². The molecular weight excluding hydrogens is 516 g/mol. The zero-order valence-corrected chi connectivity index (χ0v) is 24.3. The van der Waals surface area contributed by atoms with Crippen LogP contribution in [0.3, 0.4) is 0 Å². The van der Waals surface area contributed by atoms with E-state index in [4.69, 9.17) is 4.74 Å². The molecule has 1 saturated heterocycles. The van der Waals surface area contributed by atoms with Gasteiger partial charge < -0.3 is 19.5 Å². The van der Waals surface area contributed by atoms with E-state index in [1.165, 1.54) is 11.9 Å². The third-order valence-electron chi connectivity index (χ3n) is 8.12. The number of ether oxygens (including phenoxy) is 1. The minimum Gasteiger partial charge on any atom is -0.444 e. The van der Waals surface area contributed by atoms with Crippen LogP contribution in [0, 0.1) is 13.8 Å². The van der Waals surface area contributed by atoms with Crippen LogP contribution in [-0.2, 0) is 17.7 Å². The van der Waals surface area contributed by atoms with Gasteiger partial charge in [-0.15, -0.1) is 0 Å². The minimum atomic E-state index is -0.584. The van der Waals surface area contributed by atoms with E-state index in [1.807, 2.05) is 49.9 Å². The van der Waals surface area contributed by atoms with Gasteiger partial charge in [-0.05, 0) is 93.8 Å². The number of benzene rings is 1. The lowest BCUT2D eigenvalue weighted by atomic mass is 9.86. The predicted molar refractivity (Wildman–Crippen MR) is 156 cm³/mol. The summed E-state index contributed by atoms with van der Waals surface area (Å²) in [4.78, 5) is 46.8. The lowest BCUT2D eigenvalue weighted by Gasteiger charge is -2.35. The highest BCUT2D eigenvalue weighted by Crippen LogP contribution is 2.40. The number of hydrogen-bond acceptors (Lipinski definition) is 6. The van der Waals surface area contributed by atoms with Gasteiger partial charge in [-0.1, -0.05) is 6.07 Å². The molecule has 6 rings (SSSR count). The van der Waals surface area contributed by atoms with Gasteiger partial charge in [0.1, 0.15) is 17.6 Å². The third-order valence-corrected chi connectivity index (χ3v) is 8.12. The summed E-state index contributed by atoms with van der Waals surface area (Å²) >= 11 is 0. The Bertz CT molecular complexity index is 1650. The molecule has 212 valence electrons. The summed E-state index contributed by atoms with van der Waals surface area (Å²) in [6, 6.07) is 6.47. The Kier molecular flexibility index (Phi) is 6.76. The summed E-state index contributed by atoms with van der Waals surface area (Å²) in [6.07, 6.45) is 9.08. The van der Waals surface area contributed by atoms with Crippen molar-refractivity contribution in [2.75, 3.05) is 13.1 Å². The van der Waals surface area contributed by atoms with Gasteiger partial charge in [-0.2, -0.15) is 0 Å². The average Bonchev–Trinajstić information content (AvgIpc) is 3.58. The zero-order chi connectivity index (χ0) is 28.9. The first-order chi connectivity index (χ1) is 19.6. The van der Waals surface area contributed by atoms with Gasteiger partial charge in [0.25, 0.3) is 5.91 Å². The van der Waals surface area contributed by atoms with Crippen LogP contribution < -0.4 is 0 Å². The topological polar surface area (TPSA) is 104 Å². The number of H-pyrrole nitrogens is 1. The number of hydrogen-bond donors (Lipinski definition) is 1. The molecule has 3 aromatic heterocycles. The molecule has 41 heavy (non-hydrogen) atoms. The van der Waals surface area contributed by atoms with E-state index in [9.17, 15) is 9.59 Å². The van der Waals surface area contributed by atoms with Crippen molar-refractivity contribution >= 4 is 23.0 Å². The quantitative estimate of drug-likeness (QED) is 0.339. The van der Waals surface area contributed by atoms with E-state index < -0.39 is 5.60 Å². The van der Waals surface area contributed by atoms with Crippen LogP contribution in [-0.4, -0.2) is 60.4 Å². The van der Waals surface area contributed by atoms with Crippen molar-refractivity contribution in [1.29, 1.82) is 0 Å². The summed E-state index contributed by atoms with van der Waals surface area (Å²) < 4.78 is 5.81. The molecule has 0 spiro atoms. The number of rotatable bonds is 3. The van der Waals surface area contributed by atoms with Gasteiger partial charge in [0.2, 0.25) is 0 Å². The summed E-state index contributed by atoms with van der Waals surface area (Å²) in [5.74, 6) is -0.0724. The number of nitrogens with one attached hydrogen (secondary N) is 1. The first-order valence-corrected chi connectivity index (χ1v) is 14.2. The molecule has 2 aliphatic rings. The molecule has 2 aliphatic heterocycles. The second kappa shape index (κ2) is 10.3. The Morgan fingerprint density at radius 2 is 1.88 bits per heavy atom. The summed E-state index contributed by atoms with van der Waals surface area (Å²) in [5.41, 5.74) is 8.09. The molecule has 2 amide bonds. The maximum Gasteiger partial charge on any atom is 0.410 e. The number of aromatic nitrogens is 4. The highest BCUT2D eigenvalue weighted by Gasteiger charge is 2.36. The van der Waals surface area contributed by atoms with Crippen LogP contribution in [0.1, 0.15) is 78.0 Å². The van der Waals surface area contributed by atoms with Gasteiger partial charge in [0.15, 0.2) is 0 Å². The van der Waals surface area contributed by atoms with E-state index >= 15 is 0 Å². The largest absolute Gasteiger partial charge is 0.444 e. The van der Waals surface area contributed by atoms with Crippen molar-refractivity contribution in [1.82, 2.24) is 29.7 Å². The lowest BCUT2D eigenvalue weighted by molar-refractivity contribution is 0.0222. The van der Waals surface area contributed by atoms with E-state index in [1.54, 1.807) is 6.20 Å². The SMILES string of the molecule is Cc1ncncc1C(=O)N1CCc2cc(-c3cnc4[nH]cc(C)c4c3)cc([C@@H]3CCCN3C(=O)OC(C)(C)C)c2C1. The normalized spacial score (nSPS) is 17.1. The molecule has 9 heteroatoms. The second-order valence-electron chi connectivity index (χ2n) is 12.1. The average molecular weight is 553 g/mol. The van der Waals surface area contributed by atoms with Crippen molar-refractivity contribution in [2.45, 2.75) is 72.1 Å². The molecular formula is C32H36N6O3. The summed E-state index contributed by atoms with van der Waals surface area (Å²) in [7, 11) is 0. The van der Waals surface area contributed by atoms with Crippen molar-refractivity contribution in [2.24, 2.45) is 0 Å². The molecule has 1 N–H and O–H groups in total. The van der Waals surface area contributed by atoms with Crippen LogP contribution in [0.15, 0.2) is 43.1 Å². The Labute approximate surface area is 240 Å². The fourth-order valence-corrected chi connectivity index (χ4v) is 6.03. The van der Waals surface area contributed by atoms with Crippen molar-refractivity contribution in [3.63, 3.8) is 0 Å². The van der Waals surface area contributed by atoms with Crippen molar-refractivity contribution in [3.8, 4) is 11.1 Å². The Hall–Kier alpha value is -4.27. The monoisotopic (exact) mass is 552 g/mol. The third kappa shape index (κ3) is 5.16. The number of amides is 2. The van der Waals surface area contributed by atoms with Gasteiger partial charge >= 0.3 is 6.09 Å². The zero-order valence-electron chi connectivity index (χ0n) is 24.3. The molecule has 0 unspecified atom stereocenters. The molecule has 0 bridgehead atoms. The smallest absolute Gasteiger partial charge is 0.410 e. The fraction of sp³-hybridized carbons (Fsp3) is 0.406. The maximum atomic E-state index is 13.6. The number of aromatic amines is 1. The first kappa shape index (κ1) is 26.9. The number of nitrogens with zero attached hydrogens (tertiary/aromatic N) is 5. The molecule has 0 saturated carbocycles. The standard InChI is InChI=1S/C32H36N6O3/c1-19-14-34-29-24(19)13-23(15-35-29)22-11-21-8-10-37(30(39)26-16-33-18-36-20(26)2)17-27(21)25(12-22)28-7-6-9-38(28)31(40)41-32(3,4)5/h11-16,18,28H,6-10,17H2,1-5H3,(H,34,35)/t28-/m0/s1. The molecule has 1 fully saturated rings. The number of aryl methyl sites for hydroxylation is 2. The van der Waals surface area contributed by atoms with Crippen LogP contribution in [0.25, 0.3) is 22.2 Å². The van der Waals surface area contributed by atoms with Gasteiger partial charge in [0.05, 0.1) is 17.3 Å². The number of carbonyl (C=O) groups excluding carboxylic acids is 2. The predicted octanol–water partition coefficient (Wildman–Crippen LogP) is 5.91. The van der Waals surface area contributed by atoms with E-state index in [-0.39, 0.29) is 18.0 Å². The first-order valence-electron chi connectivity index (χ1n) is 14.2. The summed E-state index contributed by atoms with van der Waals surface area (Å²) in [5, 5.41) is 1.09. The molecule has 1 aromatic carbocycles. The molecule has 5 heterocycles. The molecule has 0 aliphatic carbocycles. The second-order valence-corrected chi connectivity index (χ2v) is 12.1. The maximum absolute atomic E-state index is 13.6. The molecule has 9 nitrogen and oxygen atoms in total. The van der Waals surface area contributed by atoms with E-state index in [0.717, 1.165) is 51.7 Å². The van der Waals surface area contributed by atoms with Gasteiger partial charge in [0, 0.05) is 49.2 Å². The number of pyridine rings is 1. The number of likely N-dealkylation sites (tertiary alicyclic amines) is 1. The molecule has 4 aromatic rings. The van der Waals surface area contributed by atoms with Gasteiger partial charge in [-0.25, -0.2) is 19.7 Å². The highest BCUT2D eigenvalue weighted by atomic mass is 16.6. The van der Waals surface area contributed by atoms with Crippen molar-refractivity contribution < 1.29 is 14.3 Å². The van der Waals surface area contributed by atoms with Crippen LogP contribution >= 0.6 is 0 Å². The molecule has 1 atom stereocenters. The van der Waals surface area contributed by atoms with E-state index in [0.29, 0.717) is 37.3 Å². The van der Waals surface area contributed by atoms with Crippen LogP contribution in [0.4, 0.5) is 4.79 Å². The number of carbonyl (C=O) groups is 2. The number of fused-ring (bicyclic) bond motifs is 2. The Balaban J connectivity index is 1.43. The Morgan fingerprint density at radius 1 is 1.05 bits per heavy atom. The summed E-state index contributed by atoms with van der Waals surface area (Å²) in [6.45, 7) is 11.3. The lowest BCUT2D eigenvalue weighted by Crippen LogP contribution is -2.39. The Morgan fingerprint density at radius 3 is 2.66 bits per heavy atom. The van der Waals surface area contributed by atoms with Gasteiger partial charge in [-0.3, -0.25) is 4.79 Å².